The number of nitrogens with zero attached hydrogens (tertiary/aromatic N) is 2. The third-order valence-corrected chi connectivity index (χ3v) is 2.60. The van der Waals surface area contributed by atoms with Gasteiger partial charge in [-0.05, 0) is 24.3 Å². The van der Waals surface area contributed by atoms with E-state index < -0.39 is 11.8 Å². The van der Waals surface area contributed by atoms with Crippen LogP contribution in [-0.2, 0) is 19.8 Å². The molecule has 0 unspecified atom stereocenters. The van der Waals surface area contributed by atoms with Crippen molar-refractivity contribution in [2.45, 2.75) is 6.92 Å². The van der Waals surface area contributed by atoms with Crippen molar-refractivity contribution in [3.8, 4) is 0 Å². The quantitative estimate of drug-likeness (QED) is 0.399. The van der Waals surface area contributed by atoms with Crippen LogP contribution in [0.2, 0.25) is 5.02 Å². The molecule has 0 amide bonds. The van der Waals surface area contributed by atoms with Gasteiger partial charge in [0.2, 0.25) is 0 Å². The molecular formula is C10H7ClFIN2O2Os-. The molecule has 0 aromatic carbocycles. The number of ether oxygens (including phenoxy) is 1. The van der Waals surface area contributed by atoms with Crippen LogP contribution in [0.3, 0.4) is 0 Å². The number of hydrogen-bond acceptors (Lipinski definition) is 3. The Morgan fingerprint density at radius 1 is 1.61 bits per heavy atom. The van der Waals surface area contributed by atoms with Crippen molar-refractivity contribution in [1.82, 2.24) is 9.97 Å². The molecule has 18 heavy (non-hydrogen) atoms. The first-order chi connectivity index (χ1) is 8.54. The predicted molar refractivity (Wildman–Crippen MR) is 70.1 cm³/mol. The Hall–Kier alpha value is -0.254. The Labute approximate surface area is 129 Å². The fourth-order valence-electron chi connectivity index (χ4n) is 1.35. The summed E-state index contributed by atoms with van der Waals surface area (Å²) in [4.78, 5) is 19.0. The molecule has 0 fully saturated rings. The second-order valence-electron chi connectivity index (χ2n) is 3.20. The van der Waals surface area contributed by atoms with E-state index in [9.17, 15) is 9.18 Å². The number of carbonyl (C=O) groups is 1. The van der Waals surface area contributed by atoms with Gasteiger partial charge in [-0.1, -0.05) is 11.6 Å². The van der Waals surface area contributed by atoms with Crippen molar-refractivity contribution in [1.29, 1.82) is 0 Å². The van der Waals surface area contributed by atoms with Crippen LogP contribution in [0.5, 0.6) is 0 Å². The molecule has 8 heteroatoms. The van der Waals surface area contributed by atoms with Crippen molar-refractivity contribution in [2.24, 2.45) is 0 Å². The zero-order valence-electron chi connectivity index (χ0n) is 9.28. The van der Waals surface area contributed by atoms with Crippen LogP contribution in [-0.4, -0.2) is 18.1 Å². The number of fused-ring (bicyclic) bond motifs is 1. The molecular weight excluding hydrogens is 552 g/mol. The van der Waals surface area contributed by atoms with Gasteiger partial charge in [-0.3, -0.25) is 0 Å². The van der Waals surface area contributed by atoms with Gasteiger partial charge in [0.05, 0.1) is 12.1 Å². The Morgan fingerprint density at radius 3 is 2.78 bits per heavy atom. The fourth-order valence-corrected chi connectivity index (χ4v) is 1.49. The molecule has 0 saturated carbocycles. The summed E-state index contributed by atoms with van der Waals surface area (Å²) in [5.41, 5.74) is 0.506. The Bertz CT molecular complexity index is 591. The van der Waals surface area contributed by atoms with E-state index in [0.29, 0.717) is 5.69 Å². The summed E-state index contributed by atoms with van der Waals surface area (Å²) in [6.07, 6.45) is 0. The summed E-state index contributed by atoms with van der Waals surface area (Å²) in [5.74, 6) is -1.25. The van der Waals surface area contributed by atoms with E-state index in [2.05, 4.69) is 34.4 Å². The minimum atomic E-state index is -0.633. The van der Waals surface area contributed by atoms with Gasteiger partial charge in [-0.15, -0.1) is 0 Å². The molecule has 2 aromatic rings. The Kier molecular flexibility index (Phi) is 5.95. The van der Waals surface area contributed by atoms with Crippen molar-refractivity contribution in [2.75, 3.05) is 7.11 Å². The molecule has 0 atom stereocenters. The van der Waals surface area contributed by atoms with Crippen LogP contribution in [0, 0.1) is 12.7 Å². The fraction of sp³-hybridized carbons (Fsp3) is 0.200. The summed E-state index contributed by atoms with van der Waals surface area (Å²) < 4.78 is 18.2. The van der Waals surface area contributed by atoms with E-state index in [4.69, 9.17) is 11.6 Å². The molecule has 4 nitrogen and oxygen atoms in total. The molecule has 0 bridgehead atoms. The van der Waals surface area contributed by atoms with Crippen molar-refractivity contribution in [3.05, 3.63) is 28.3 Å². The first-order valence-corrected chi connectivity index (χ1v) is 12.1. The molecule has 0 saturated heterocycles. The molecule has 0 spiro atoms. The number of aryl methyl sites for hydroxylation is 1. The molecule has 2 heterocycles. The van der Waals surface area contributed by atoms with Gasteiger partial charge in [0.1, 0.15) is 5.82 Å². The average Bonchev–Trinajstić information content (AvgIpc) is 2.81. The molecule has 0 aliphatic heterocycles. The van der Waals surface area contributed by atoms with Crippen LogP contribution in [0.15, 0.2) is 6.07 Å². The summed E-state index contributed by atoms with van der Waals surface area (Å²) in [7, 11) is 1.23. The van der Waals surface area contributed by atoms with Gasteiger partial charge in [0.25, 0.3) is 0 Å². The Balaban J connectivity index is 0.000000771. The average molecular weight is 559 g/mol. The molecule has 2 aromatic heterocycles. The third-order valence-electron chi connectivity index (χ3n) is 2.16. The minimum absolute atomic E-state index is 0.0190. The summed E-state index contributed by atoms with van der Waals surface area (Å²) >= 11 is 9.71. The number of rotatable bonds is 1. The van der Waals surface area contributed by atoms with Crippen LogP contribution < -0.4 is 4.98 Å². The second-order valence-corrected chi connectivity index (χ2v) is 3.57. The Morgan fingerprint density at radius 2 is 2.22 bits per heavy atom. The van der Waals surface area contributed by atoms with Crippen LogP contribution >= 0.6 is 31.3 Å². The molecule has 2 rings (SSSR count). The van der Waals surface area contributed by atoms with E-state index in [-0.39, 0.29) is 21.7 Å². The van der Waals surface area contributed by atoms with E-state index in [0.717, 1.165) is 0 Å². The number of carbonyl (C=O) groups excluding carboxylic acids is 1. The van der Waals surface area contributed by atoms with Crippen LogP contribution in [0.25, 0.3) is 11.0 Å². The monoisotopic (exact) mass is 560 g/mol. The third kappa shape index (κ3) is 3.01. The maximum absolute atomic E-state index is 13.7. The predicted octanol–water partition coefficient (Wildman–Crippen LogP) is 2.96. The normalized spacial score (nSPS) is 9.89. The number of methoxy groups -OCH3 is 1. The van der Waals surface area contributed by atoms with Crippen LogP contribution in [0.1, 0.15) is 16.2 Å². The first kappa shape index (κ1) is 15.8. The van der Waals surface area contributed by atoms with Crippen molar-refractivity contribution in [3.63, 3.8) is 0 Å². The van der Waals surface area contributed by atoms with Crippen molar-refractivity contribution >= 4 is 48.3 Å². The standard InChI is InChI=1S/C10H8ClFN2O2.HI.Os/c1-4-7(11)8(12)5-3-6(10(15)16-2)14-9(5)13-4;;/h3H,1-2H3,(H,13,14,15);1H;/q;;+1/p-2. The second kappa shape index (κ2) is 6.78. The number of hydrogen-bond donors (Lipinski definition) is 0. The number of pyridine rings is 1. The van der Waals surface area contributed by atoms with E-state index in [1.165, 1.54) is 13.2 Å². The SMILES string of the molecule is COC(=O)c1cc2c(F)c(Cl)c(C)nc2[n-]1.[I][Os]. The van der Waals surface area contributed by atoms with Gasteiger partial charge in [0, 0.05) is 11.1 Å². The van der Waals surface area contributed by atoms with E-state index >= 15 is 0 Å². The number of halogens is 3. The summed E-state index contributed by atoms with van der Waals surface area (Å²) in [5, 5.41) is 0.0623. The summed E-state index contributed by atoms with van der Waals surface area (Å²) in [6.45, 7) is 1.57. The molecule has 0 aliphatic rings. The number of aromatic nitrogens is 2. The van der Waals surface area contributed by atoms with Gasteiger partial charge in [-0.2, -0.15) is 0 Å². The first-order valence-electron chi connectivity index (χ1n) is 4.55. The van der Waals surface area contributed by atoms with Gasteiger partial charge in [-0.25, -0.2) is 9.18 Å². The zero-order valence-corrected chi connectivity index (χ0v) is 14.7. The molecule has 0 N–H and O–H groups in total. The van der Waals surface area contributed by atoms with Crippen molar-refractivity contribution < 1.29 is 29.0 Å². The van der Waals surface area contributed by atoms with E-state index in [1.54, 1.807) is 6.92 Å². The topological polar surface area (TPSA) is 53.3 Å². The molecule has 99 valence electrons. The molecule has 0 radical (unpaired) electrons. The summed E-state index contributed by atoms with van der Waals surface area (Å²) in [6, 6.07) is 1.27. The van der Waals surface area contributed by atoms with Gasteiger partial charge >= 0.3 is 40.7 Å². The van der Waals surface area contributed by atoms with Gasteiger partial charge in [0.15, 0.2) is 0 Å². The molecule has 0 aliphatic carbocycles. The number of esters is 1. The zero-order chi connectivity index (χ0) is 13.9. The maximum atomic E-state index is 13.7. The van der Waals surface area contributed by atoms with Crippen LogP contribution in [0.4, 0.5) is 4.39 Å². The van der Waals surface area contributed by atoms with E-state index in [1.807, 2.05) is 15.1 Å². The van der Waals surface area contributed by atoms with Gasteiger partial charge < -0.3 is 14.7 Å².